The minimum atomic E-state index is -0.743. The highest BCUT2D eigenvalue weighted by Gasteiger charge is 2.46. The van der Waals surface area contributed by atoms with Crippen LogP contribution in [0.1, 0.15) is 51.4 Å². The van der Waals surface area contributed by atoms with Crippen molar-refractivity contribution in [3.8, 4) is 0 Å². The Kier molecular flexibility index (Phi) is 9.11. The van der Waals surface area contributed by atoms with E-state index in [2.05, 4.69) is 17.1 Å². The van der Waals surface area contributed by atoms with Crippen LogP contribution in [0.4, 0.5) is 0 Å². The van der Waals surface area contributed by atoms with Gasteiger partial charge in [-0.15, -0.1) is 0 Å². The number of hydrogen-bond donors (Lipinski definition) is 2. The third kappa shape index (κ3) is 6.46. The van der Waals surface area contributed by atoms with Crippen LogP contribution in [0.15, 0.2) is 12.2 Å². The van der Waals surface area contributed by atoms with Crippen LogP contribution in [0.3, 0.4) is 0 Å². The maximum Gasteiger partial charge on any atom is 0.303 e. The molecule has 0 radical (unpaired) electrons. The Morgan fingerprint density at radius 2 is 2.07 bits per heavy atom. The van der Waals surface area contributed by atoms with Gasteiger partial charge in [-0.1, -0.05) is 12.2 Å². The number of carboxylic acid groups (broad SMARTS) is 1. The van der Waals surface area contributed by atoms with Crippen molar-refractivity contribution in [3.63, 3.8) is 0 Å². The summed E-state index contributed by atoms with van der Waals surface area (Å²) in [6.07, 6.45) is 10.1. The predicted molar refractivity (Wildman–Crippen MR) is 111 cm³/mol. The summed E-state index contributed by atoms with van der Waals surface area (Å²) in [5.74, 6) is 1.69. The summed E-state index contributed by atoms with van der Waals surface area (Å²) >= 11 is 1.99. The van der Waals surface area contributed by atoms with E-state index in [-0.39, 0.29) is 36.9 Å². The van der Waals surface area contributed by atoms with Crippen LogP contribution in [0.5, 0.6) is 0 Å². The second-order valence-corrected chi connectivity index (χ2v) is 9.29. The van der Waals surface area contributed by atoms with Crippen molar-refractivity contribution in [1.29, 1.82) is 0 Å². The van der Waals surface area contributed by atoms with Gasteiger partial charge in [-0.2, -0.15) is 11.8 Å². The fourth-order valence-corrected chi connectivity index (χ4v) is 5.56. The molecule has 1 saturated carbocycles. The molecular weight excluding hydrogens is 378 g/mol. The van der Waals surface area contributed by atoms with E-state index in [9.17, 15) is 9.90 Å². The number of carbonyl (C=O) groups is 1. The maximum atomic E-state index is 10.8. The van der Waals surface area contributed by atoms with Crippen LogP contribution in [-0.2, 0) is 14.3 Å². The topological polar surface area (TPSA) is 79.2 Å². The molecule has 0 aromatic rings. The molecule has 160 valence electrons. The van der Waals surface area contributed by atoms with Gasteiger partial charge < -0.3 is 19.7 Å². The molecule has 3 rings (SSSR count). The zero-order valence-corrected chi connectivity index (χ0v) is 17.5. The van der Waals surface area contributed by atoms with Crippen LogP contribution < -0.4 is 0 Å². The normalized spacial score (nSPS) is 34.8. The van der Waals surface area contributed by atoms with Gasteiger partial charge in [0.2, 0.25) is 0 Å². The highest BCUT2D eigenvalue weighted by atomic mass is 32.2. The number of unbranched alkanes of at least 4 members (excludes halogenated alkanes) is 1. The molecule has 0 spiro atoms. The third-order valence-corrected chi connectivity index (χ3v) is 7.00. The number of rotatable bonds is 9. The summed E-state index contributed by atoms with van der Waals surface area (Å²) in [5.41, 5.74) is 0. The largest absolute Gasteiger partial charge is 0.481 e. The van der Waals surface area contributed by atoms with Gasteiger partial charge in [0.1, 0.15) is 0 Å². The van der Waals surface area contributed by atoms with Crippen molar-refractivity contribution < 1.29 is 24.5 Å². The molecule has 5 unspecified atom stereocenters. The van der Waals surface area contributed by atoms with Gasteiger partial charge in [0.05, 0.1) is 12.2 Å². The summed E-state index contributed by atoms with van der Waals surface area (Å²) in [7, 11) is 0. The van der Waals surface area contributed by atoms with Crippen LogP contribution in [-0.4, -0.2) is 76.8 Å². The number of aliphatic hydroxyl groups excluding tert-OH is 1. The SMILES string of the molecule is O=C(O)CCCC=CCC1C(O)CC(OC2CCCCO2)C1N1CCSCC1. The molecular formula is C21H35NO5S. The molecule has 0 bridgehead atoms. The maximum absolute atomic E-state index is 10.8. The minimum Gasteiger partial charge on any atom is -0.481 e. The van der Waals surface area contributed by atoms with Gasteiger partial charge in [-0.25, -0.2) is 0 Å². The first-order valence-electron chi connectivity index (χ1n) is 10.8. The fourth-order valence-electron chi connectivity index (χ4n) is 4.63. The summed E-state index contributed by atoms with van der Waals surface area (Å²) in [6.45, 7) is 2.87. The number of ether oxygens (including phenoxy) is 2. The lowest BCUT2D eigenvalue weighted by Crippen LogP contribution is -2.50. The molecule has 2 saturated heterocycles. The Bertz CT molecular complexity index is 505. The Balaban J connectivity index is 1.59. The lowest BCUT2D eigenvalue weighted by atomic mass is 9.95. The third-order valence-electron chi connectivity index (χ3n) is 6.06. The van der Waals surface area contributed by atoms with Gasteiger partial charge >= 0.3 is 5.97 Å². The molecule has 0 aromatic carbocycles. The van der Waals surface area contributed by atoms with E-state index in [1.807, 2.05) is 11.8 Å². The zero-order chi connectivity index (χ0) is 19.8. The zero-order valence-electron chi connectivity index (χ0n) is 16.7. The lowest BCUT2D eigenvalue weighted by Gasteiger charge is -2.39. The Hall–Kier alpha value is -0.600. The van der Waals surface area contributed by atoms with Crippen LogP contribution in [0.2, 0.25) is 0 Å². The van der Waals surface area contributed by atoms with Crippen molar-refractivity contribution in [2.45, 2.75) is 75.9 Å². The molecule has 5 atom stereocenters. The number of hydrogen-bond acceptors (Lipinski definition) is 6. The van der Waals surface area contributed by atoms with E-state index in [1.165, 1.54) is 0 Å². The molecule has 2 heterocycles. The Morgan fingerprint density at radius 1 is 1.25 bits per heavy atom. The van der Waals surface area contributed by atoms with Crippen LogP contribution in [0.25, 0.3) is 0 Å². The number of aliphatic carboxylic acids is 1. The molecule has 3 fully saturated rings. The van der Waals surface area contributed by atoms with E-state index < -0.39 is 5.97 Å². The van der Waals surface area contributed by atoms with E-state index >= 15 is 0 Å². The molecule has 6 nitrogen and oxygen atoms in total. The molecule has 0 aromatic heterocycles. The van der Waals surface area contributed by atoms with Gasteiger partial charge in [0, 0.05) is 56.0 Å². The quantitative estimate of drug-likeness (QED) is 0.444. The van der Waals surface area contributed by atoms with E-state index in [1.54, 1.807) is 0 Å². The number of allylic oxidation sites excluding steroid dienone is 2. The first-order valence-corrected chi connectivity index (χ1v) is 11.9. The van der Waals surface area contributed by atoms with Crippen LogP contribution >= 0.6 is 11.8 Å². The standard InChI is InChI=1S/C21H35NO5S/c23-17-15-18(27-20-9-5-6-12-26-20)21(22-10-13-28-14-11-22)16(17)7-3-1-2-4-8-19(24)25/h1,3,16-18,20-21,23H,2,4-15H2,(H,24,25). The van der Waals surface area contributed by atoms with Crippen LogP contribution in [0, 0.1) is 5.92 Å². The number of nitrogens with zero attached hydrogens (tertiary/aromatic N) is 1. The molecule has 28 heavy (non-hydrogen) atoms. The minimum absolute atomic E-state index is 0.0200. The molecule has 2 aliphatic heterocycles. The molecule has 0 amide bonds. The highest BCUT2D eigenvalue weighted by Crippen LogP contribution is 2.37. The van der Waals surface area contributed by atoms with Crippen molar-refractivity contribution >= 4 is 17.7 Å². The smallest absolute Gasteiger partial charge is 0.303 e. The Labute approximate surface area is 172 Å². The molecule has 2 N–H and O–H groups in total. The summed E-state index contributed by atoms with van der Waals surface area (Å²) in [6, 6.07) is 0.227. The Morgan fingerprint density at radius 3 is 2.79 bits per heavy atom. The first kappa shape index (κ1) is 22.1. The number of thioether (sulfide) groups is 1. The molecule has 1 aliphatic carbocycles. The monoisotopic (exact) mass is 413 g/mol. The average molecular weight is 414 g/mol. The molecule has 7 heteroatoms. The van der Waals surface area contributed by atoms with Gasteiger partial charge in [0.25, 0.3) is 0 Å². The van der Waals surface area contributed by atoms with Crippen molar-refractivity contribution in [2.24, 2.45) is 5.92 Å². The number of aliphatic hydroxyl groups is 1. The van der Waals surface area contributed by atoms with Crippen molar-refractivity contribution in [1.82, 2.24) is 4.90 Å². The summed E-state index contributed by atoms with van der Waals surface area (Å²) in [5, 5.41) is 19.5. The molecule has 3 aliphatic rings. The summed E-state index contributed by atoms with van der Waals surface area (Å²) in [4.78, 5) is 13.1. The van der Waals surface area contributed by atoms with E-state index in [0.29, 0.717) is 12.8 Å². The van der Waals surface area contributed by atoms with E-state index in [4.69, 9.17) is 14.6 Å². The second-order valence-electron chi connectivity index (χ2n) is 8.07. The van der Waals surface area contributed by atoms with Gasteiger partial charge in [-0.3, -0.25) is 9.69 Å². The fraction of sp³-hybridized carbons (Fsp3) is 0.857. The van der Waals surface area contributed by atoms with Crippen molar-refractivity contribution in [2.75, 3.05) is 31.2 Å². The van der Waals surface area contributed by atoms with E-state index in [0.717, 1.165) is 63.3 Å². The first-order chi connectivity index (χ1) is 13.6. The summed E-state index contributed by atoms with van der Waals surface area (Å²) < 4.78 is 12.2. The second kappa shape index (κ2) is 11.6. The average Bonchev–Trinajstić information content (AvgIpc) is 3.00. The van der Waals surface area contributed by atoms with Crippen molar-refractivity contribution in [3.05, 3.63) is 12.2 Å². The highest BCUT2D eigenvalue weighted by molar-refractivity contribution is 7.99. The van der Waals surface area contributed by atoms with Gasteiger partial charge in [-0.05, 0) is 38.5 Å². The van der Waals surface area contributed by atoms with Gasteiger partial charge in [0.15, 0.2) is 6.29 Å². The number of carboxylic acids is 1. The predicted octanol–water partition coefficient (Wildman–Crippen LogP) is 2.90. The lowest BCUT2D eigenvalue weighted by molar-refractivity contribution is -0.197.